The molecule has 3 aromatic rings. The van der Waals surface area contributed by atoms with Gasteiger partial charge in [0.25, 0.3) is 0 Å². The fraction of sp³-hybridized carbons (Fsp3) is 0.273. The van der Waals surface area contributed by atoms with Crippen LogP contribution in [0.3, 0.4) is 0 Å². The number of nitrogens with one attached hydrogen (secondary N) is 3. The third kappa shape index (κ3) is 5.75. The predicted octanol–water partition coefficient (Wildman–Crippen LogP) is 5.04. The van der Waals surface area contributed by atoms with E-state index < -0.39 is 0 Å². The molecule has 0 atom stereocenters. The second-order valence-corrected chi connectivity index (χ2v) is 6.73. The zero-order valence-corrected chi connectivity index (χ0v) is 16.9. The van der Waals surface area contributed by atoms with Crippen LogP contribution in [0.25, 0.3) is 0 Å². The van der Waals surface area contributed by atoms with Gasteiger partial charge in [-0.2, -0.15) is 0 Å². The summed E-state index contributed by atoms with van der Waals surface area (Å²) in [6.45, 7) is 5.90. The maximum absolute atomic E-state index is 12.2. The summed E-state index contributed by atoms with van der Waals surface area (Å²) in [6, 6.07) is 15.0. The summed E-state index contributed by atoms with van der Waals surface area (Å²) in [5.74, 6) is 2.79. The van der Waals surface area contributed by atoms with Gasteiger partial charge in [-0.15, -0.1) is 0 Å². The Morgan fingerprint density at radius 3 is 2.17 bits per heavy atom. The van der Waals surface area contributed by atoms with Crippen LogP contribution in [0.4, 0.5) is 28.8 Å². The molecule has 2 aromatic heterocycles. The van der Waals surface area contributed by atoms with Gasteiger partial charge in [0.1, 0.15) is 23.3 Å². The van der Waals surface area contributed by atoms with E-state index in [0.29, 0.717) is 23.3 Å². The third-order valence-electron chi connectivity index (χ3n) is 4.54. The number of nitrogens with zero attached hydrogens (tertiary/aromatic N) is 3. The second-order valence-electron chi connectivity index (χ2n) is 6.73. The summed E-state index contributed by atoms with van der Waals surface area (Å²) in [4.78, 5) is 25.3. The Bertz CT molecular complexity index is 939. The van der Waals surface area contributed by atoms with Crippen molar-refractivity contribution in [2.45, 2.75) is 33.6 Å². The zero-order valence-electron chi connectivity index (χ0n) is 16.9. The lowest BCUT2D eigenvalue weighted by Crippen LogP contribution is -2.21. The second kappa shape index (κ2) is 9.64. The van der Waals surface area contributed by atoms with Crippen LogP contribution in [-0.4, -0.2) is 20.9 Å². The summed E-state index contributed by atoms with van der Waals surface area (Å²) in [5, 5.41) is 9.42. The van der Waals surface area contributed by atoms with Crippen molar-refractivity contribution in [3.05, 3.63) is 60.6 Å². The van der Waals surface area contributed by atoms with Crippen LogP contribution in [0.1, 0.15) is 32.5 Å². The van der Waals surface area contributed by atoms with E-state index in [4.69, 9.17) is 0 Å². The number of hydrogen-bond donors (Lipinski definition) is 3. The molecule has 150 valence electrons. The molecule has 0 saturated heterocycles. The van der Waals surface area contributed by atoms with Crippen LogP contribution in [0, 0.1) is 12.8 Å². The van der Waals surface area contributed by atoms with Gasteiger partial charge in [-0.3, -0.25) is 4.79 Å². The number of pyridine rings is 1. The highest BCUT2D eigenvalue weighted by Gasteiger charge is 2.14. The fourth-order valence-corrected chi connectivity index (χ4v) is 2.95. The largest absolute Gasteiger partial charge is 0.340 e. The maximum Gasteiger partial charge on any atom is 0.227 e. The molecule has 7 nitrogen and oxygen atoms in total. The van der Waals surface area contributed by atoms with Crippen LogP contribution in [-0.2, 0) is 4.79 Å². The minimum atomic E-state index is 0.0434. The Balaban J connectivity index is 1.67. The molecule has 7 heteroatoms. The number of amides is 1. The smallest absolute Gasteiger partial charge is 0.227 e. The Morgan fingerprint density at radius 1 is 0.897 bits per heavy atom. The van der Waals surface area contributed by atoms with Gasteiger partial charge in [-0.1, -0.05) is 19.9 Å². The molecule has 0 aliphatic heterocycles. The Morgan fingerprint density at radius 2 is 1.55 bits per heavy atom. The van der Waals surface area contributed by atoms with E-state index >= 15 is 0 Å². The van der Waals surface area contributed by atoms with Gasteiger partial charge < -0.3 is 16.0 Å². The van der Waals surface area contributed by atoms with Crippen LogP contribution >= 0.6 is 0 Å². The SMILES string of the molecule is CCC(CC)C(=O)Nc1ccc(Nc2cc(Nc3ccccn3)nc(C)n2)cc1. The van der Waals surface area contributed by atoms with Crippen LogP contribution in [0.2, 0.25) is 0 Å². The molecule has 0 spiro atoms. The molecule has 0 unspecified atom stereocenters. The van der Waals surface area contributed by atoms with E-state index in [-0.39, 0.29) is 11.8 Å². The first-order valence-electron chi connectivity index (χ1n) is 9.79. The molecule has 1 aromatic carbocycles. The Kier molecular flexibility index (Phi) is 6.73. The molecular formula is C22H26N6O. The molecule has 0 aliphatic carbocycles. The van der Waals surface area contributed by atoms with Gasteiger partial charge in [0.05, 0.1) is 0 Å². The first-order chi connectivity index (χ1) is 14.1. The number of aryl methyl sites for hydroxylation is 1. The van der Waals surface area contributed by atoms with E-state index in [1.54, 1.807) is 6.20 Å². The third-order valence-corrected chi connectivity index (χ3v) is 4.54. The van der Waals surface area contributed by atoms with Gasteiger partial charge in [-0.25, -0.2) is 15.0 Å². The highest BCUT2D eigenvalue weighted by Crippen LogP contribution is 2.21. The molecule has 2 heterocycles. The number of carbonyl (C=O) groups is 1. The van der Waals surface area contributed by atoms with Gasteiger partial charge in [-0.05, 0) is 56.2 Å². The van der Waals surface area contributed by atoms with Gasteiger partial charge in [0.2, 0.25) is 5.91 Å². The van der Waals surface area contributed by atoms with Crippen molar-refractivity contribution in [2.24, 2.45) is 5.92 Å². The molecule has 3 rings (SSSR count). The molecule has 0 bridgehead atoms. The molecule has 0 aliphatic rings. The summed E-state index contributed by atoms with van der Waals surface area (Å²) in [5.41, 5.74) is 1.65. The summed E-state index contributed by atoms with van der Waals surface area (Å²) >= 11 is 0. The normalized spacial score (nSPS) is 10.6. The van der Waals surface area contributed by atoms with Crippen molar-refractivity contribution in [2.75, 3.05) is 16.0 Å². The average Bonchev–Trinajstić information content (AvgIpc) is 2.71. The zero-order chi connectivity index (χ0) is 20.6. The van der Waals surface area contributed by atoms with Crippen LogP contribution in [0.15, 0.2) is 54.7 Å². The summed E-state index contributed by atoms with van der Waals surface area (Å²) in [7, 11) is 0. The molecule has 0 fully saturated rings. The fourth-order valence-electron chi connectivity index (χ4n) is 2.95. The highest BCUT2D eigenvalue weighted by atomic mass is 16.1. The topological polar surface area (TPSA) is 91.8 Å². The van der Waals surface area contributed by atoms with Gasteiger partial charge >= 0.3 is 0 Å². The first-order valence-corrected chi connectivity index (χ1v) is 9.79. The van der Waals surface area contributed by atoms with Crippen molar-refractivity contribution in [3.63, 3.8) is 0 Å². The molecule has 0 saturated carbocycles. The number of carbonyl (C=O) groups excluding carboxylic acids is 1. The van der Waals surface area contributed by atoms with E-state index in [2.05, 4.69) is 30.9 Å². The van der Waals surface area contributed by atoms with Crippen LogP contribution in [0.5, 0.6) is 0 Å². The average molecular weight is 390 g/mol. The van der Waals surface area contributed by atoms with Crippen molar-refractivity contribution in [1.82, 2.24) is 15.0 Å². The summed E-state index contributed by atoms with van der Waals surface area (Å²) < 4.78 is 0. The van der Waals surface area contributed by atoms with Crippen molar-refractivity contribution in [3.8, 4) is 0 Å². The van der Waals surface area contributed by atoms with Crippen molar-refractivity contribution >= 4 is 34.7 Å². The monoisotopic (exact) mass is 390 g/mol. The van der Waals surface area contributed by atoms with Crippen molar-refractivity contribution < 1.29 is 4.79 Å². The molecule has 1 amide bonds. The van der Waals surface area contributed by atoms with Crippen molar-refractivity contribution in [1.29, 1.82) is 0 Å². The lowest BCUT2D eigenvalue weighted by Gasteiger charge is -2.13. The number of hydrogen-bond acceptors (Lipinski definition) is 6. The molecule has 29 heavy (non-hydrogen) atoms. The quantitative estimate of drug-likeness (QED) is 0.499. The number of anilines is 5. The van der Waals surface area contributed by atoms with Gasteiger partial charge in [0.15, 0.2) is 0 Å². The minimum absolute atomic E-state index is 0.0434. The number of rotatable bonds is 8. The molecule has 3 N–H and O–H groups in total. The van der Waals surface area contributed by atoms with E-state index in [1.807, 2.05) is 69.3 Å². The number of benzene rings is 1. The standard InChI is InChI=1S/C22H26N6O/c1-4-16(5-2)22(29)27-18-11-9-17(10-12-18)26-20-14-21(25-15(3)24-20)28-19-8-6-7-13-23-19/h6-14,16H,4-5H2,1-3H3,(H,27,29)(H2,23,24,25,26,28). The first kappa shape index (κ1) is 20.3. The maximum atomic E-state index is 12.2. The Hall–Kier alpha value is -3.48. The Labute approximate surface area is 171 Å². The highest BCUT2D eigenvalue weighted by molar-refractivity contribution is 5.92. The minimum Gasteiger partial charge on any atom is -0.340 e. The summed E-state index contributed by atoms with van der Waals surface area (Å²) in [6.07, 6.45) is 3.40. The number of aromatic nitrogens is 3. The van der Waals surface area contributed by atoms with Gasteiger partial charge in [0, 0.05) is 29.6 Å². The van der Waals surface area contributed by atoms with E-state index in [0.717, 1.165) is 24.2 Å². The lowest BCUT2D eigenvalue weighted by atomic mass is 10.0. The molecule has 0 radical (unpaired) electrons. The lowest BCUT2D eigenvalue weighted by molar-refractivity contribution is -0.120. The van der Waals surface area contributed by atoms with E-state index in [1.165, 1.54) is 0 Å². The van der Waals surface area contributed by atoms with E-state index in [9.17, 15) is 4.79 Å². The van der Waals surface area contributed by atoms with Crippen LogP contribution < -0.4 is 16.0 Å². The predicted molar refractivity (Wildman–Crippen MR) is 117 cm³/mol. The molecular weight excluding hydrogens is 364 g/mol.